The lowest BCUT2D eigenvalue weighted by Crippen LogP contribution is -1.78. The second-order valence-electron chi connectivity index (χ2n) is 4.04. The van der Waals surface area contributed by atoms with E-state index in [1.54, 1.807) is 24.3 Å². The molecule has 0 aliphatic heterocycles. The average Bonchev–Trinajstić information content (AvgIpc) is 2.32. The normalized spacial score (nSPS) is 11.1. The van der Waals surface area contributed by atoms with Gasteiger partial charge in [-0.1, -0.05) is 12.1 Å². The zero-order valence-corrected chi connectivity index (χ0v) is 8.88. The molecule has 0 spiro atoms. The van der Waals surface area contributed by atoms with E-state index in [4.69, 9.17) is 0 Å². The van der Waals surface area contributed by atoms with E-state index in [0.717, 1.165) is 16.2 Å². The summed E-state index contributed by atoms with van der Waals surface area (Å²) in [7, 11) is 0. The Hall–Kier alpha value is -2.42. The standard InChI is InChI=1S/C14H10O3/c15-11-3-1-8-5-9-2-4-13(16)14(17)12(9)7-10(8)6-11/h1-7,15-17H. The summed E-state index contributed by atoms with van der Waals surface area (Å²) in [6, 6.07) is 11.9. The maximum atomic E-state index is 9.77. The molecule has 3 rings (SSSR count). The number of aromatic hydroxyl groups is 3. The maximum Gasteiger partial charge on any atom is 0.165 e. The SMILES string of the molecule is Oc1ccc2cc3ccc(O)c(O)c3cc2c1. The highest BCUT2D eigenvalue weighted by molar-refractivity contribution is 6.02. The van der Waals surface area contributed by atoms with Gasteiger partial charge in [-0.25, -0.2) is 0 Å². The monoisotopic (exact) mass is 226 g/mol. The highest BCUT2D eigenvalue weighted by atomic mass is 16.3. The van der Waals surface area contributed by atoms with Crippen molar-refractivity contribution in [3.05, 3.63) is 42.5 Å². The summed E-state index contributed by atoms with van der Waals surface area (Å²) in [5.41, 5.74) is 0. The Morgan fingerprint density at radius 3 is 2.24 bits per heavy atom. The Balaban J connectivity index is 2.48. The Morgan fingerprint density at radius 1 is 0.647 bits per heavy atom. The van der Waals surface area contributed by atoms with Crippen LogP contribution < -0.4 is 0 Å². The van der Waals surface area contributed by atoms with Crippen LogP contribution in [-0.4, -0.2) is 15.3 Å². The minimum atomic E-state index is -0.142. The smallest absolute Gasteiger partial charge is 0.165 e. The molecule has 0 atom stereocenters. The fraction of sp³-hybridized carbons (Fsp3) is 0. The molecule has 17 heavy (non-hydrogen) atoms. The Morgan fingerprint density at radius 2 is 1.41 bits per heavy atom. The van der Waals surface area contributed by atoms with Crippen LogP contribution in [0.4, 0.5) is 0 Å². The van der Waals surface area contributed by atoms with E-state index in [0.29, 0.717) is 5.39 Å². The molecule has 0 aliphatic carbocycles. The number of fused-ring (bicyclic) bond motifs is 2. The second kappa shape index (κ2) is 3.28. The highest BCUT2D eigenvalue weighted by Crippen LogP contribution is 2.36. The molecule has 84 valence electrons. The van der Waals surface area contributed by atoms with E-state index in [1.165, 1.54) is 6.07 Å². The third-order valence-corrected chi connectivity index (χ3v) is 2.91. The third kappa shape index (κ3) is 1.44. The van der Waals surface area contributed by atoms with Crippen molar-refractivity contribution in [2.75, 3.05) is 0 Å². The molecule has 3 nitrogen and oxygen atoms in total. The van der Waals surface area contributed by atoms with Gasteiger partial charge >= 0.3 is 0 Å². The summed E-state index contributed by atoms with van der Waals surface area (Å²) in [4.78, 5) is 0. The van der Waals surface area contributed by atoms with Crippen molar-refractivity contribution in [2.45, 2.75) is 0 Å². The molecule has 0 aromatic heterocycles. The molecule has 0 bridgehead atoms. The lowest BCUT2D eigenvalue weighted by molar-refractivity contribution is 0.408. The molecule has 0 saturated heterocycles. The van der Waals surface area contributed by atoms with Gasteiger partial charge in [0.25, 0.3) is 0 Å². The van der Waals surface area contributed by atoms with Gasteiger partial charge in [-0.15, -0.1) is 0 Å². The summed E-state index contributed by atoms with van der Waals surface area (Å²) in [6.45, 7) is 0. The molecule has 3 heteroatoms. The van der Waals surface area contributed by atoms with Gasteiger partial charge in [0.05, 0.1) is 0 Å². The maximum absolute atomic E-state index is 9.77. The number of phenolic OH excluding ortho intramolecular Hbond substituents is 3. The molecular formula is C14H10O3. The predicted octanol–water partition coefficient (Wildman–Crippen LogP) is 3.11. The van der Waals surface area contributed by atoms with Gasteiger partial charge in [0.2, 0.25) is 0 Å². The zero-order chi connectivity index (χ0) is 12.0. The van der Waals surface area contributed by atoms with Gasteiger partial charge in [-0.05, 0) is 46.5 Å². The van der Waals surface area contributed by atoms with Gasteiger partial charge < -0.3 is 15.3 Å². The van der Waals surface area contributed by atoms with Gasteiger partial charge in [0.1, 0.15) is 5.75 Å². The minimum Gasteiger partial charge on any atom is -0.508 e. The van der Waals surface area contributed by atoms with E-state index in [-0.39, 0.29) is 17.2 Å². The Bertz CT molecular complexity index is 732. The molecule has 0 amide bonds. The first-order valence-electron chi connectivity index (χ1n) is 5.22. The van der Waals surface area contributed by atoms with E-state index < -0.39 is 0 Å². The van der Waals surface area contributed by atoms with Crippen molar-refractivity contribution in [2.24, 2.45) is 0 Å². The van der Waals surface area contributed by atoms with Crippen LogP contribution in [0.15, 0.2) is 42.5 Å². The molecule has 0 unspecified atom stereocenters. The summed E-state index contributed by atoms with van der Waals surface area (Å²) >= 11 is 0. The van der Waals surface area contributed by atoms with Crippen molar-refractivity contribution in [3.63, 3.8) is 0 Å². The van der Waals surface area contributed by atoms with Crippen LogP contribution in [0.25, 0.3) is 21.5 Å². The van der Waals surface area contributed by atoms with Gasteiger partial charge in [0.15, 0.2) is 11.5 Å². The predicted molar refractivity (Wildman–Crippen MR) is 66.4 cm³/mol. The van der Waals surface area contributed by atoms with E-state index in [9.17, 15) is 15.3 Å². The number of benzene rings is 3. The lowest BCUT2D eigenvalue weighted by atomic mass is 10.0. The number of phenols is 3. The van der Waals surface area contributed by atoms with E-state index in [2.05, 4.69) is 0 Å². The van der Waals surface area contributed by atoms with Crippen molar-refractivity contribution >= 4 is 21.5 Å². The average molecular weight is 226 g/mol. The fourth-order valence-electron chi connectivity index (χ4n) is 2.03. The summed E-state index contributed by atoms with van der Waals surface area (Å²) in [6.07, 6.45) is 0. The molecule has 3 aromatic carbocycles. The number of hydrogen-bond acceptors (Lipinski definition) is 3. The molecular weight excluding hydrogens is 216 g/mol. The largest absolute Gasteiger partial charge is 0.508 e. The van der Waals surface area contributed by atoms with Crippen molar-refractivity contribution in [3.8, 4) is 17.2 Å². The molecule has 0 saturated carbocycles. The minimum absolute atomic E-state index is 0.132. The molecule has 0 radical (unpaired) electrons. The van der Waals surface area contributed by atoms with Crippen molar-refractivity contribution in [1.82, 2.24) is 0 Å². The van der Waals surface area contributed by atoms with Gasteiger partial charge in [0, 0.05) is 5.39 Å². The van der Waals surface area contributed by atoms with Crippen LogP contribution in [0, 0.1) is 0 Å². The van der Waals surface area contributed by atoms with Crippen LogP contribution in [-0.2, 0) is 0 Å². The van der Waals surface area contributed by atoms with Crippen molar-refractivity contribution < 1.29 is 15.3 Å². The third-order valence-electron chi connectivity index (χ3n) is 2.91. The lowest BCUT2D eigenvalue weighted by Gasteiger charge is -2.06. The number of hydrogen-bond donors (Lipinski definition) is 3. The summed E-state index contributed by atoms with van der Waals surface area (Å²) in [5, 5.41) is 31.8. The zero-order valence-electron chi connectivity index (χ0n) is 8.88. The summed E-state index contributed by atoms with van der Waals surface area (Å²) < 4.78 is 0. The molecule has 0 fully saturated rings. The fourth-order valence-corrected chi connectivity index (χ4v) is 2.03. The van der Waals surface area contributed by atoms with Gasteiger partial charge in [-0.3, -0.25) is 0 Å². The quantitative estimate of drug-likeness (QED) is 0.407. The van der Waals surface area contributed by atoms with Crippen LogP contribution in [0.3, 0.4) is 0 Å². The molecule has 0 heterocycles. The Labute approximate surface area is 97.2 Å². The van der Waals surface area contributed by atoms with E-state index >= 15 is 0 Å². The van der Waals surface area contributed by atoms with Crippen LogP contribution in [0.2, 0.25) is 0 Å². The van der Waals surface area contributed by atoms with Crippen molar-refractivity contribution in [1.29, 1.82) is 0 Å². The first-order valence-corrected chi connectivity index (χ1v) is 5.22. The molecule has 0 aliphatic rings. The first-order chi connectivity index (χ1) is 8.15. The van der Waals surface area contributed by atoms with Crippen LogP contribution in [0.1, 0.15) is 0 Å². The molecule has 3 aromatic rings. The van der Waals surface area contributed by atoms with Gasteiger partial charge in [-0.2, -0.15) is 0 Å². The number of rotatable bonds is 0. The van der Waals surface area contributed by atoms with Crippen LogP contribution >= 0.6 is 0 Å². The van der Waals surface area contributed by atoms with Crippen LogP contribution in [0.5, 0.6) is 17.2 Å². The second-order valence-corrected chi connectivity index (χ2v) is 4.04. The first kappa shape index (κ1) is 9.78. The van der Waals surface area contributed by atoms with E-state index in [1.807, 2.05) is 12.1 Å². The molecule has 3 N–H and O–H groups in total. The highest BCUT2D eigenvalue weighted by Gasteiger charge is 2.06. The Kier molecular flexibility index (Phi) is 1.89. The topological polar surface area (TPSA) is 60.7 Å². The summed E-state index contributed by atoms with van der Waals surface area (Å²) in [5.74, 6) is -0.0961.